The monoisotopic (exact) mass is 271 g/mol. The molecule has 0 unspecified atom stereocenters. The number of halogens is 1. The lowest BCUT2D eigenvalue weighted by atomic mass is 10.2. The number of primary amides is 1. The van der Waals surface area contributed by atoms with Gasteiger partial charge in [-0.05, 0) is 24.6 Å². The van der Waals surface area contributed by atoms with Crippen LogP contribution >= 0.6 is 11.6 Å². The van der Waals surface area contributed by atoms with Crippen molar-refractivity contribution in [2.45, 2.75) is 19.4 Å². The van der Waals surface area contributed by atoms with Crippen LogP contribution in [0.5, 0.6) is 0 Å². The third-order valence-corrected chi connectivity index (χ3v) is 2.70. The number of nitro groups is 1. The van der Waals surface area contributed by atoms with Gasteiger partial charge in [0.2, 0.25) is 5.91 Å². The molecule has 0 fully saturated rings. The van der Waals surface area contributed by atoms with Gasteiger partial charge in [-0.1, -0.05) is 11.6 Å². The van der Waals surface area contributed by atoms with E-state index in [9.17, 15) is 14.9 Å². The molecule has 0 heterocycles. The minimum atomic E-state index is -0.465. The first-order chi connectivity index (χ1) is 8.50. The SMILES string of the molecule is NC(=O)CCCNCc1cc([N+](=O)[O-])ccc1Cl. The standard InChI is InChI=1S/C11H14ClN3O3/c12-10-4-3-9(15(17)18)6-8(10)7-14-5-1-2-11(13)16/h3-4,6,14H,1-2,5,7H2,(H2,13,16). The van der Waals surface area contributed by atoms with E-state index in [0.717, 1.165) is 0 Å². The van der Waals surface area contributed by atoms with Crippen molar-refractivity contribution in [1.82, 2.24) is 5.32 Å². The molecular formula is C11H14ClN3O3. The Balaban J connectivity index is 2.48. The number of carbonyl (C=O) groups is 1. The molecule has 0 aliphatic rings. The maximum Gasteiger partial charge on any atom is 0.269 e. The quantitative estimate of drug-likeness (QED) is 0.447. The van der Waals surface area contributed by atoms with Crippen molar-refractivity contribution in [3.05, 3.63) is 38.9 Å². The second-order valence-electron chi connectivity index (χ2n) is 3.78. The summed E-state index contributed by atoms with van der Waals surface area (Å²) in [6, 6.07) is 4.29. The molecule has 0 spiro atoms. The summed E-state index contributed by atoms with van der Waals surface area (Å²) in [5.41, 5.74) is 5.67. The van der Waals surface area contributed by atoms with Crippen LogP contribution in [0.3, 0.4) is 0 Å². The van der Waals surface area contributed by atoms with Gasteiger partial charge in [-0.25, -0.2) is 0 Å². The Hall–Kier alpha value is -1.66. The molecule has 1 aromatic carbocycles. The number of benzene rings is 1. The van der Waals surface area contributed by atoms with Gasteiger partial charge in [0.05, 0.1) is 4.92 Å². The van der Waals surface area contributed by atoms with Crippen LogP contribution in [0.25, 0.3) is 0 Å². The van der Waals surface area contributed by atoms with Crippen LogP contribution in [0.1, 0.15) is 18.4 Å². The summed E-state index contributed by atoms with van der Waals surface area (Å²) in [5.74, 6) is -0.342. The van der Waals surface area contributed by atoms with E-state index in [4.69, 9.17) is 17.3 Å². The zero-order valence-electron chi connectivity index (χ0n) is 9.69. The molecule has 1 aromatic rings. The van der Waals surface area contributed by atoms with Gasteiger partial charge < -0.3 is 11.1 Å². The Kier molecular flexibility index (Phi) is 5.54. The summed E-state index contributed by atoms with van der Waals surface area (Å²) in [5, 5.41) is 14.1. The normalized spacial score (nSPS) is 10.3. The number of carbonyl (C=O) groups excluding carboxylic acids is 1. The van der Waals surface area contributed by atoms with Crippen molar-refractivity contribution in [3.8, 4) is 0 Å². The molecule has 3 N–H and O–H groups in total. The molecule has 6 nitrogen and oxygen atoms in total. The highest BCUT2D eigenvalue weighted by atomic mass is 35.5. The van der Waals surface area contributed by atoms with E-state index in [1.54, 1.807) is 0 Å². The van der Waals surface area contributed by atoms with Gasteiger partial charge in [0.15, 0.2) is 0 Å². The van der Waals surface area contributed by atoms with Crippen molar-refractivity contribution < 1.29 is 9.72 Å². The van der Waals surface area contributed by atoms with E-state index in [1.807, 2.05) is 0 Å². The predicted molar refractivity (Wildman–Crippen MR) is 68.2 cm³/mol. The summed E-state index contributed by atoms with van der Waals surface area (Å²) >= 11 is 5.93. The highest BCUT2D eigenvalue weighted by molar-refractivity contribution is 6.31. The van der Waals surface area contributed by atoms with Crippen LogP contribution in [0, 0.1) is 10.1 Å². The van der Waals surface area contributed by atoms with Gasteiger partial charge in [-0.3, -0.25) is 14.9 Å². The molecule has 1 rings (SSSR count). The molecule has 98 valence electrons. The Bertz CT molecular complexity index is 451. The van der Waals surface area contributed by atoms with Gasteiger partial charge in [-0.2, -0.15) is 0 Å². The molecule has 0 aromatic heterocycles. The Labute approximate surface area is 109 Å². The number of hydrogen-bond donors (Lipinski definition) is 2. The van der Waals surface area contributed by atoms with E-state index in [-0.39, 0.29) is 11.6 Å². The van der Waals surface area contributed by atoms with Crippen molar-refractivity contribution in [1.29, 1.82) is 0 Å². The summed E-state index contributed by atoms with van der Waals surface area (Å²) in [4.78, 5) is 20.6. The van der Waals surface area contributed by atoms with Gasteiger partial charge in [0.25, 0.3) is 5.69 Å². The lowest BCUT2D eigenvalue weighted by Crippen LogP contribution is -2.18. The van der Waals surface area contributed by atoms with E-state index in [2.05, 4.69) is 5.32 Å². The highest BCUT2D eigenvalue weighted by Crippen LogP contribution is 2.21. The fourth-order valence-corrected chi connectivity index (χ4v) is 1.61. The summed E-state index contributed by atoms with van der Waals surface area (Å²) in [7, 11) is 0. The highest BCUT2D eigenvalue weighted by Gasteiger charge is 2.09. The molecule has 0 atom stereocenters. The van der Waals surface area contributed by atoms with Gasteiger partial charge in [0, 0.05) is 30.1 Å². The van der Waals surface area contributed by atoms with Crippen molar-refractivity contribution >= 4 is 23.2 Å². The molecule has 0 saturated heterocycles. The first-order valence-corrected chi connectivity index (χ1v) is 5.80. The topological polar surface area (TPSA) is 98.3 Å². The maximum absolute atomic E-state index is 10.6. The Morgan fingerprint density at radius 1 is 1.50 bits per heavy atom. The van der Waals surface area contributed by atoms with E-state index < -0.39 is 4.92 Å². The fraction of sp³-hybridized carbons (Fsp3) is 0.364. The number of nitrogens with two attached hydrogens (primary N) is 1. The summed E-state index contributed by atoms with van der Waals surface area (Å²) in [6.07, 6.45) is 0.942. The zero-order chi connectivity index (χ0) is 13.5. The van der Waals surface area contributed by atoms with Crippen molar-refractivity contribution in [2.75, 3.05) is 6.54 Å². The fourth-order valence-electron chi connectivity index (χ4n) is 1.42. The molecule has 1 amide bonds. The molecule has 0 bridgehead atoms. The van der Waals surface area contributed by atoms with Crippen LogP contribution in [-0.4, -0.2) is 17.4 Å². The second-order valence-corrected chi connectivity index (χ2v) is 4.19. The number of nitrogens with zero attached hydrogens (tertiary/aromatic N) is 1. The molecule has 7 heteroatoms. The average Bonchev–Trinajstić information content (AvgIpc) is 2.30. The third-order valence-electron chi connectivity index (χ3n) is 2.33. The lowest BCUT2D eigenvalue weighted by Gasteiger charge is -2.06. The number of nitro benzene ring substituents is 1. The smallest absolute Gasteiger partial charge is 0.269 e. The first-order valence-electron chi connectivity index (χ1n) is 5.42. The van der Waals surface area contributed by atoms with Gasteiger partial charge in [-0.15, -0.1) is 0 Å². The van der Waals surface area contributed by atoms with Crippen molar-refractivity contribution in [3.63, 3.8) is 0 Å². The van der Waals surface area contributed by atoms with Crippen LogP contribution in [-0.2, 0) is 11.3 Å². The van der Waals surface area contributed by atoms with Gasteiger partial charge in [0.1, 0.15) is 0 Å². The zero-order valence-corrected chi connectivity index (χ0v) is 10.4. The Morgan fingerprint density at radius 2 is 2.22 bits per heavy atom. The largest absolute Gasteiger partial charge is 0.370 e. The van der Waals surface area contributed by atoms with E-state index in [1.165, 1.54) is 18.2 Å². The number of amides is 1. The average molecular weight is 272 g/mol. The summed E-state index contributed by atoms with van der Waals surface area (Å²) in [6.45, 7) is 1.02. The number of nitrogens with one attached hydrogen (secondary N) is 1. The van der Waals surface area contributed by atoms with Crippen LogP contribution in [0.4, 0.5) is 5.69 Å². The van der Waals surface area contributed by atoms with Gasteiger partial charge >= 0.3 is 0 Å². The molecule has 0 aliphatic carbocycles. The molecule has 0 saturated carbocycles. The van der Waals surface area contributed by atoms with Crippen LogP contribution in [0.2, 0.25) is 5.02 Å². The maximum atomic E-state index is 10.6. The predicted octanol–water partition coefficient (Wildman–Crippen LogP) is 1.60. The minimum Gasteiger partial charge on any atom is -0.370 e. The van der Waals surface area contributed by atoms with Crippen molar-refractivity contribution in [2.24, 2.45) is 5.73 Å². The van der Waals surface area contributed by atoms with Crippen LogP contribution < -0.4 is 11.1 Å². The first kappa shape index (κ1) is 14.4. The third kappa shape index (κ3) is 4.68. The number of rotatable bonds is 7. The second kappa shape index (κ2) is 6.93. The minimum absolute atomic E-state index is 0.00772. The molecule has 0 aliphatic heterocycles. The molecule has 18 heavy (non-hydrogen) atoms. The lowest BCUT2D eigenvalue weighted by molar-refractivity contribution is -0.384. The molecular weight excluding hydrogens is 258 g/mol. The van der Waals surface area contributed by atoms with Crippen LogP contribution in [0.15, 0.2) is 18.2 Å². The number of hydrogen-bond acceptors (Lipinski definition) is 4. The van der Waals surface area contributed by atoms with E-state index in [0.29, 0.717) is 36.5 Å². The number of non-ortho nitro benzene ring substituents is 1. The summed E-state index contributed by atoms with van der Waals surface area (Å²) < 4.78 is 0. The molecule has 0 radical (unpaired) electrons. The Morgan fingerprint density at radius 3 is 2.83 bits per heavy atom. The van der Waals surface area contributed by atoms with E-state index >= 15 is 0 Å².